The van der Waals surface area contributed by atoms with Crippen LogP contribution in [-0.2, 0) is 27.2 Å². The minimum absolute atomic E-state index is 0. The van der Waals surface area contributed by atoms with Crippen LogP contribution in [-0.4, -0.2) is 5.91 Å². The van der Waals surface area contributed by atoms with Crippen molar-refractivity contribution in [3.05, 3.63) is 30.3 Å². The van der Waals surface area contributed by atoms with Gasteiger partial charge >= 0.3 is 0 Å². The number of rotatable bonds is 1. The predicted octanol–water partition coefficient (Wildman–Crippen LogP) is 1.64. The molecule has 0 heterocycles. The summed E-state index contributed by atoms with van der Waals surface area (Å²) in [6, 6.07) is 9.37. The molecule has 0 saturated heterocycles. The first-order chi connectivity index (χ1) is 4.79. The van der Waals surface area contributed by atoms with Crippen molar-refractivity contribution >= 4 is 11.6 Å². The van der Waals surface area contributed by atoms with E-state index in [2.05, 4.69) is 5.32 Å². The molecule has 0 aliphatic carbocycles. The van der Waals surface area contributed by atoms with E-state index in [0.29, 0.717) is 0 Å². The summed E-state index contributed by atoms with van der Waals surface area (Å²) in [5.41, 5.74) is 0.843. The number of hydrogen-bond acceptors (Lipinski definition) is 1. The molecule has 0 aromatic heterocycles. The maximum absolute atomic E-state index is 10.5. The van der Waals surface area contributed by atoms with E-state index in [1.54, 1.807) is 0 Å². The first kappa shape index (κ1) is 10.4. The average molecular weight is 243 g/mol. The SMILES string of the molecule is CC(=O)Nc1ccccc1.[Ag]. The molecule has 0 spiro atoms. The van der Waals surface area contributed by atoms with Crippen molar-refractivity contribution in [2.45, 2.75) is 6.92 Å². The second-order valence-corrected chi connectivity index (χ2v) is 2.05. The molecule has 1 rings (SSSR count). The van der Waals surface area contributed by atoms with Gasteiger partial charge in [0.2, 0.25) is 5.91 Å². The van der Waals surface area contributed by atoms with E-state index in [9.17, 15) is 4.79 Å². The molecule has 1 amide bonds. The van der Waals surface area contributed by atoms with Crippen LogP contribution in [0.4, 0.5) is 5.69 Å². The van der Waals surface area contributed by atoms with Crippen molar-refractivity contribution in [2.24, 2.45) is 0 Å². The molecule has 63 valence electrons. The molecule has 1 radical (unpaired) electrons. The van der Waals surface area contributed by atoms with Gasteiger partial charge in [-0.2, -0.15) is 0 Å². The van der Waals surface area contributed by atoms with Crippen LogP contribution in [0.1, 0.15) is 6.92 Å². The Balaban J connectivity index is 0.000001000. The molecule has 3 heteroatoms. The van der Waals surface area contributed by atoms with E-state index >= 15 is 0 Å². The molecule has 0 aliphatic heterocycles. The maximum atomic E-state index is 10.5. The summed E-state index contributed by atoms with van der Waals surface area (Å²) in [7, 11) is 0. The number of para-hydroxylation sites is 1. The standard InChI is InChI=1S/C8H9NO.Ag/c1-7(10)9-8-5-3-2-4-6-8;/h2-6H,1H3,(H,9,10);. The van der Waals surface area contributed by atoms with Gasteiger partial charge in [0.1, 0.15) is 0 Å². The van der Waals surface area contributed by atoms with Gasteiger partial charge in [-0.15, -0.1) is 0 Å². The van der Waals surface area contributed by atoms with Crippen LogP contribution in [0.25, 0.3) is 0 Å². The topological polar surface area (TPSA) is 29.1 Å². The molecule has 0 atom stereocenters. The minimum atomic E-state index is -0.0359. The molecule has 1 aromatic carbocycles. The van der Waals surface area contributed by atoms with Crippen LogP contribution < -0.4 is 5.32 Å². The zero-order chi connectivity index (χ0) is 7.40. The maximum Gasteiger partial charge on any atom is 0.221 e. The van der Waals surface area contributed by atoms with E-state index in [1.165, 1.54) is 6.92 Å². The second kappa shape index (κ2) is 5.13. The molecule has 11 heavy (non-hydrogen) atoms. The van der Waals surface area contributed by atoms with Crippen LogP contribution >= 0.6 is 0 Å². The third-order valence-electron chi connectivity index (χ3n) is 1.09. The predicted molar refractivity (Wildman–Crippen MR) is 40.7 cm³/mol. The number of hydrogen-bond donors (Lipinski definition) is 1. The van der Waals surface area contributed by atoms with Gasteiger partial charge in [-0.05, 0) is 12.1 Å². The Morgan fingerprint density at radius 3 is 2.27 bits per heavy atom. The summed E-state index contributed by atoms with van der Waals surface area (Å²) in [4.78, 5) is 10.5. The number of nitrogens with one attached hydrogen (secondary N) is 1. The Morgan fingerprint density at radius 1 is 1.27 bits per heavy atom. The van der Waals surface area contributed by atoms with Gasteiger partial charge in [0, 0.05) is 35.0 Å². The van der Waals surface area contributed by atoms with Gasteiger partial charge in [-0.25, -0.2) is 0 Å². The van der Waals surface area contributed by atoms with E-state index in [-0.39, 0.29) is 28.3 Å². The van der Waals surface area contributed by atoms with Gasteiger partial charge < -0.3 is 5.32 Å². The van der Waals surface area contributed by atoms with Crippen LogP contribution in [0.2, 0.25) is 0 Å². The van der Waals surface area contributed by atoms with E-state index in [4.69, 9.17) is 0 Å². The number of carbonyl (C=O) groups excluding carboxylic acids is 1. The van der Waals surface area contributed by atoms with Crippen LogP contribution in [0.15, 0.2) is 30.3 Å². The fourth-order valence-corrected chi connectivity index (χ4v) is 0.725. The Labute approximate surface area is 81.5 Å². The Hall–Kier alpha value is -0.570. The van der Waals surface area contributed by atoms with Crippen LogP contribution in [0, 0.1) is 0 Å². The summed E-state index contributed by atoms with van der Waals surface area (Å²) >= 11 is 0. The fraction of sp³-hybridized carbons (Fsp3) is 0.125. The molecular formula is C8H9AgNO. The molecule has 1 N–H and O–H groups in total. The normalized spacial score (nSPS) is 8.09. The van der Waals surface area contributed by atoms with Crippen molar-refractivity contribution < 1.29 is 27.2 Å². The number of amides is 1. The van der Waals surface area contributed by atoms with Gasteiger partial charge in [0.15, 0.2) is 0 Å². The minimum Gasteiger partial charge on any atom is -0.326 e. The Kier molecular flexibility index (Phi) is 4.86. The largest absolute Gasteiger partial charge is 0.326 e. The first-order valence-electron chi connectivity index (χ1n) is 3.11. The summed E-state index contributed by atoms with van der Waals surface area (Å²) in [5.74, 6) is -0.0359. The van der Waals surface area contributed by atoms with E-state index in [1.807, 2.05) is 30.3 Å². The summed E-state index contributed by atoms with van der Waals surface area (Å²) in [6.07, 6.45) is 0. The third kappa shape index (κ3) is 3.98. The van der Waals surface area contributed by atoms with Crippen molar-refractivity contribution in [3.63, 3.8) is 0 Å². The fourth-order valence-electron chi connectivity index (χ4n) is 0.725. The van der Waals surface area contributed by atoms with Crippen molar-refractivity contribution in [1.82, 2.24) is 0 Å². The Bertz CT molecular complexity index is 223. The second-order valence-electron chi connectivity index (χ2n) is 2.05. The Morgan fingerprint density at radius 2 is 1.82 bits per heavy atom. The summed E-state index contributed by atoms with van der Waals surface area (Å²) in [6.45, 7) is 1.49. The van der Waals surface area contributed by atoms with Gasteiger partial charge in [0.05, 0.1) is 0 Å². The average Bonchev–Trinajstić information content (AvgIpc) is 1.88. The molecule has 0 unspecified atom stereocenters. The molecule has 0 bridgehead atoms. The zero-order valence-corrected chi connectivity index (χ0v) is 7.58. The van der Waals surface area contributed by atoms with Gasteiger partial charge in [-0.1, -0.05) is 18.2 Å². The molecule has 0 saturated carbocycles. The molecule has 2 nitrogen and oxygen atoms in total. The van der Waals surface area contributed by atoms with Gasteiger partial charge in [-0.3, -0.25) is 4.79 Å². The molecule has 0 fully saturated rings. The number of benzene rings is 1. The third-order valence-corrected chi connectivity index (χ3v) is 1.09. The summed E-state index contributed by atoms with van der Waals surface area (Å²) in [5, 5.41) is 2.67. The first-order valence-corrected chi connectivity index (χ1v) is 3.11. The van der Waals surface area contributed by atoms with Crippen molar-refractivity contribution in [2.75, 3.05) is 5.32 Å². The van der Waals surface area contributed by atoms with Crippen LogP contribution in [0.3, 0.4) is 0 Å². The van der Waals surface area contributed by atoms with Crippen LogP contribution in [0.5, 0.6) is 0 Å². The van der Waals surface area contributed by atoms with Gasteiger partial charge in [0.25, 0.3) is 0 Å². The van der Waals surface area contributed by atoms with E-state index < -0.39 is 0 Å². The molecule has 1 aromatic rings. The monoisotopic (exact) mass is 242 g/mol. The molecule has 0 aliphatic rings. The quantitative estimate of drug-likeness (QED) is 0.746. The smallest absolute Gasteiger partial charge is 0.221 e. The summed E-state index contributed by atoms with van der Waals surface area (Å²) < 4.78 is 0. The van der Waals surface area contributed by atoms with Crippen molar-refractivity contribution in [1.29, 1.82) is 0 Å². The number of carbonyl (C=O) groups is 1. The zero-order valence-electron chi connectivity index (χ0n) is 6.10. The van der Waals surface area contributed by atoms with Crippen molar-refractivity contribution in [3.8, 4) is 0 Å². The number of anilines is 1. The molecular weight excluding hydrogens is 234 g/mol. The van der Waals surface area contributed by atoms with E-state index in [0.717, 1.165) is 5.69 Å².